The number of hydrogen-bond donors (Lipinski definition) is 0. The molecule has 0 fully saturated rings. The zero-order chi connectivity index (χ0) is 22.2. The molecular formula is C29H33N3. The summed E-state index contributed by atoms with van der Waals surface area (Å²) in [5.74, 6) is 1.07. The van der Waals surface area contributed by atoms with E-state index in [9.17, 15) is 0 Å². The van der Waals surface area contributed by atoms with Gasteiger partial charge in [0, 0.05) is 31.7 Å². The van der Waals surface area contributed by atoms with Gasteiger partial charge in [0.15, 0.2) is 0 Å². The van der Waals surface area contributed by atoms with Gasteiger partial charge in [-0.2, -0.15) is 0 Å². The molecule has 0 saturated carbocycles. The predicted molar refractivity (Wildman–Crippen MR) is 133 cm³/mol. The van der Waals surface area contributed by atoms with Gasteiger partial charge in [-0.05, 0) is 24.5 Å². The molecule has 0 saturated heterocycles. The van der Waals surface area contributed by atoms with Crippen LogP contribution in [0.2, 0.25) is 0 Å². The highest BCUT2D eigenvalue weighted by Gasteiger charge is 2.16. The van der Waals surface area contributed by atoms with Crippen LogP contribution in [-0.4, -0.2) is 14.5 Å². The van der Waals surface area contributed by atoms with Gasteiger partial charge in [-0.15, -0.1) is 0 Å². The molecule has 1 aromatic heterocycles. The minimum atomic E-state index is 0.867. The number of aryl methyl sites for hydroxylation is 1. The number of imidazole rings is 1. The zero-order valence-corrected chi connectivity index (χ0v) is 19.2. The molecule has 0 aliphatic carbocycles. The number of hydrogen-bond acceptors (Lipinski definition) is 2. The molecule has 0 amide bonds. The Morgan fingerprint density at radius 3 is 2.03 bits per heavy atom. The van der Waals surface area contributed by atoms with Crippen LogP contribution in [0.25, 0.3) is 11.4 Å². The second-order valence-electron chi connectivity index (χ2n) is 8.56. The van der Waals surface area contributed by atoms with E-state index in [1.807, 2.05) is 0 Å². The first kappa shape index (κ1) is 22.0. The first-order valence-electron chi connectivity index (χ1n) is 11.6. The van der Waals surface area contributed by atoms with Gasteiger partial charge in [0.1, 0.15) is 5.82 Å². The second-order valence-corrected chi connectivity index (χ2v) is 8.56. The molecule has 0 aliphatic heterocycles. The van der Waals surface area contributed by atoms with Gasteiger partial charge in [-0.3, -0.25) is 4.90 Å². The minimum Gasteiger partial charge on any atom is -0.327 e. The van der Waals surface area contributed by atoms with Crippen molar-refractivity contribution in [1.82, 2.24) is 14.5 Å². The van der Waals surface area contributed by atoms with Crippen LogP contribution in [0.3, 0.4) is 0 Å². The van der Waals surface area contributed by atoms with E-state index >= 15 is 0 Å². The summed E-state index contributed by atoms with van der Waals surface area (Å²) in [6, 6.07) is 30.2. The van der Waals surface area contributed by atoms with E-state index in [4.69, 9.17) is 4.98 Å². The van der Waals surface area contributed by atoms with Crippen molar-refractivity contribution < 1.29 is 0 Å². The van der Waals surface area contributed by atoms with Crippen LogP contribution in [0.1, 0.15) is 42.1 Å². The lowest BCUT2D eigenvalue weighted by Gasteiger charge is -2.24. The van der Waals surface area contributed by atoms with Crippen molar-refractivity contribution in [3.05, 3.63) is 114 Å². The van der Waals surface area contributed by atoms with Crippen molar-refractivity contribution in [2.45, 2.75) is 52.9 Å². The fraction of sp³-hybridized carbons (Fsp3) is 0.276. The molecule has 4 rings (SSSR count). The zero-order valence-electron chi connectivity index (χ0n) is 19.2. The Bertz CT molecular complexity index is 1080. The monoisotopic (exact) mass is 423 g/mol. The van der Waals surface area contributed by atoms with E-state index in [1.54, 1.807) is 0 Å². The van der Waals surface area contributed by atoms with Gasteiger partial charge in [-0.25, -0.2) is 4.98 Å². The fourth-order valence-electron chi connectivity index (χ4n) is 4.11. The van der Waals surface area contributed by atoms with Crippen molar-refractivity contribution in [2.24, 2.45) is 0 Å². The van der Waals surface area contributed by atoms with E-state index in [0.717, 1.165) is 38.4 Å². The number of unbranched alkanes of at least 4 members (excludes halogenated alkanes) is 1. The van der Waals surface area contributed by atoms with Gasteiger partial charge >= 0.3 is 0 Å². The lowest BCUT2D eigenvalue weighted by atomic mass is 10.1. The van der Waals surface area contributed by atoms with Crippen LogP contribution < -0.4 is 0 Å². The van der Waals surface area contributed by atoms with Crippen LogP contribution in [0.4, 0.5) is 0 Å². The quantitative estimate of drug-likeness (QED) is 0.278. The maximum Gasteiger partial charge on any atom is 0.140 e. The Hall–Kier alpha value is -3.17. The molecular weight excluding hydrogens is 390 g/mol. The predicted octanol–water partition coefficient (Wildman–Crippen LogP) is 6.86. The second kappa shape index (κ2) is 10.9. The maximum atomic E-state index is 4.85. The van der Waals surface area contributed by atoms with Crippen molar-refractivity contribution >= 4 is 0 Å². The normalized spacial score (nSPS) is 11.2. The van der Waals surface area contributed by atoms with Crippen LogP contribution in [0, 0.1) is 6.92 Å². The van der Waals surface area contributed by atoms with Gasteiger partial charge < -0.3 is 4.57 Å². The molecule has 3 nitrogen and oxygen atoms in total. The molecule has 3 aromatic carbocycles. The van der Waals surface area contributed by atoms with E-state index in [-0.39, 0.29) is 0 Å². The van der Waals surface area contributed by atoms with Gasteiger partial charge in [-0.1, -0.05) is 104 Å². The van der Waals surface area contributed by atoms with Crippen LogP contribution in [0.15, 0.2) is 91.1 Å². The van der Waals surface area contributed by atoms with Crippen molar-refractivity contribution in [2.75, 3.05) is 0 Å². The third-order valence-corrected chi connectivity index (χ3v) is 5.87. The summed E-state index contributed by atoms with van der Waals surface area (Å²) in [5.41, 5.74) is 6.44. The van der Waals surface area contributed by atoms with Crippen molar-refractivity contribution in [3.63, 3.8) is 0 Å². The molecule has 0 aliphatic rings. The first-order valence-corrected chi connectivity index (χ1v) is 11.6. The standard InChI is InChI=1S/C29H33N3/c1-3-4-19-32-28(20-30-29(32)27-13-9-6-10-14-27)23-31(21-25-11-7-5-8-12-25)22-26-17-15-24(2)16-18-26/h5-18,20H,3-4,19,21-23H2,1-2H3. The van der Waals surface area contributed by atoms with E-state index in [0.29, 0.717) is 0 Å². The van der Waals surface area contributed by atoms with E-state index in [2.05, 4.69) is 114 Å². The number of rotatable bonds is 10. The Balaban J connectivity index is 1.62. The molecule has 164 valence electrons. The molecule has 0 atom stereocenters. The van der Waals surface area contributed by atoms with E-state index in [1.165, 1.54) is 34.4 Å². The molecule has 3 heteroatoms. The summed E-state index contributed by atoms with van der Waals surface area (Å²) >= 11 is 0. The minimum absolute atomic E-state index is 0.867. The fourth-order valence-corrected chi connectivity index (χ4v) is 4.11. The Morgan fingerprint density at radius 1 is 0.750 bits per heavy atom. The highest BCUT2D eigenvalue weighted by Crippen LogP contribution is 2.23. The molecule has 1 heterocycles. The molecule has 0 spiro atoms. The Kier molecular flexibility index (Phi) is 7.52. The lowest BCUT2D eigenvalue weighted by molar-refractivity contribution is 0.241. The molecule has 0 bridgehead atoms. The average molecular weight is 424 g/mol. The smallest absolute Gasteiger partial charge is 0.140 e. The molecule has 4 aromatic rings. The summed E-state index contributed by atoms with van der Waals surface area (Å²) in [4.78, 5) is 7.38. The summed E-state index contributed by atoms with van der Waals surface area (Å²) < 4.78 is 2.42. The maximum absolute atomic E-state index is 4.85. The van der Waals surface area contributed by atoms with Crippen LogP contribution in [0.5, 0.6) is 0 Å². The number of nitrogens with zero attached hydrogens (tertiary/aromatic N) is 3. The van der Waals surface area contributed by atoms with Crippen molar-refractivity contribution in [1.29, 1.82) is 0 Å². The van der Waals surface area contributed by atoms with Crippen LogP contribution >= 0.6 is 0 Å². The number of benzene rings is 3. The SMILES string of the molecule is CCCCn1c(CN(Cc2ccccc2)Cc2ccc(C)cc2)cnc1-c1ccccc1. The Morgan fingerprint density at radius 2 is 1.38 bits per heavy atom. The van der Waals surface area contributed by atoms with Gasteiger partial charge in [0.2, 0.25) is 0 Å². The van der Waals surface area contributed by atoms with Crippen LogP contribution in [-0.2, 0) is 26.2 Å². The van der Waals surface area contributed by atoms with Crippen molar-refractivity contribution in [3.8, 4) is 11.4 Å². The summed E-state index contributed by atoms with van der Waals surface area (Å²) in [7, 11) is 0. The average Bonchev–Trinajstić information content (AvgIpc) is 3.22. The summed E-state index contributed by atoms with van der Waals surface area (Å²) in [6.45, 7) is 8.08. The summed E-state index contributed by atoms with van der Waals surface area (Å²) in [6.07, 6.45) is 4.40. The van der Waals surface area contributed by atoms with Gasteiger partial charge in [0.05, 0.1) is 11.9 Å². The van der Waals surface area contributed by atoms with Gasteiger partial charge in [0.25, 0.3) is 0 Å². The highest BCUT2D eigenvalue weighted by molar-refractivity contribution is 5.55. The molecule has 32 heavy (non-hydrogen) atoms. The Labute approximate surface area is 192 Å². The first-order chi connectivity index (χ1) is 15.7. The van der Waals surface area contributed by atoms with E-state index < -0.39 is 0 Å². The molecule has 0 N–H and O–H groups in total. The largest absolute Gasteiger partial charge is 0.327 e. The molecule has 0 radical (unpaired) electrons. The number of aromatic nitrogens is 2. The lowest BCUT2D eigenvalue weighted by Crippen LogP contribution is -2.24. The third kappa shape index (κ3) is 5.74. The molecule has 0 unspecified atom stereocenters. The topological polar surface area (TPSA) is 21.1 Å². The highest BCUT2D eigenvalue weighted by atomic mass is 15.2. The third-order valence-electron chi connectivity index (χ3n) is 5.87. The summed E-state index contributed by atoms with van der Waals surface area (Å²) in [5, 5.41) is 0.